The average Bonchev–Trinajstić information content (AvgIpc) is 2.37. The Balaban J connectivity index is 2.31. The molecule has 0 bridgehead atoms. The van der Waals surface area contributed by atoms with Crippen LogP contribution in [0.25, 0.3) is 0 Å². The van der Waals surface area contributed by atoms with Crippen LogP contribution in [0, 0.1) is 0 Å². The van der Waals surface area contributed by atoms with Gasteiger partial charge in [0.05, 0.1) is 0 Å². The Morgan fingerprint density at radius 1 is 1.00 bits per heavy atom. The molecule has 0 aliphatic carbocycles. The smallest absolute Gasteiger partial charge is 0.319 e. The van der Waals surface area contributed by atoms with E-state index in [4.69, 9.17) is 5.11 Å². The van der Waals surface area contributed by atoms with Crippen molar-refractivity contribution in [1.82, 2.24) is 14.7 Å². The van der Waals surface area contributed by atoms with Gasteiger partial charge in [0.15, 0.2) is 0 Å². The summed E-state index contributed by atoms with van der Waals surface area (Å²) >= 11 is 0. The number of urea groups is 1. The van der Waals surface area contributed by atoms with Gasteiger partial charge in [-0.25, -0.2) is 4.79 Å². The number of carbonyl (C=O) groups excluding carboxylic acids is 2. The second-order valence-electron chi connectivity index (χ2n) is 4.79. The number of piperazine rings is 1. The molecule has 0 aromatic rings. The molecule has 0 unspecified atom stereocenters. The zero-order chi connectivity index (χ0) is 14.4. The number of nitrogens with zero attached hydrogens (tertiary/aromatic N) is 3. The summed E-state index contributed by atoms with van der Waals surface area (Å²) in [7, 11) is 3.40. The van der Waals surface area contributed by atoms with Crippen molar-refractivity contribution in [2.24, 2.45) is 0 Å². The second-order valence-corrected chi connectivity index (χ2v) is 4.79. The highest BCUT2D eigenvalue weighted by Gasteiger charge is 2.24. The first-order chi connectivity index (χ1) is 8.91. The summed E-state index contributed by atoms with van der Waals surface area (Å²) in [5.41, 5.74) is 0. The molecular formula is C12H21N3O4. The van der Waals surface area contributed by atoms with Gasteiger partial charge < -0.3 is 19.8 Å². The van der Waals surface area contributed by atoms with Crippen LogP contribution in [0.3, 0.4) is 0 Å². The first kappa shape index (κ1) is 15.3. The molecule has 1 rings (SSSR count). The monoisotopic (exact) mass is 271 g/mol. The zero-order valence-electron chi connectivity index (χ0n) is 11.5. The van der Waals surface area contributed by atoms with Crippen LogP contribution in [0.2, 0.25) is 0 Å². The van der Waals surface area contributed by atoms with Crippen molar-refractivity contribution in [1.29, 1.82) is 0 Å². The maximum atomic E-state index is 11.8. The van der Waals surface area contributed by atoms with Gasteiger partial charge in [-0.3, -0.25) is 9.59 Å². The highest BCUT2D eigenvalue weighted by molar-refractivity contribution is 5.78. The summed E-state index contributed by atoms with van der Waals surface area (Å²) in [5, 5.41) is 8.51. The second kappa shape index (κ2) is 6.96. The third kappa shape index (κ3) is 4.76. The zero-order valence-corrected chi connectivity index (χ0v) is 11.5. The molecule has 108 valence electrons. The highest BCUT2D eigenvalue weighted by atomic mass is 16.4. The molecule has 1 aliphatic rings. The van der Waals surface area contributed by atoms with Gasteiger partial charge >= 0.3 is 12.0 Å². The molecule has 0 aromatic heterocycles. The molecule has 0 radical (unpaired) electrons. The summed E-state index contributed by atoms with van der Waals surface area (Å²) in [6, 6.07) is -0.0435. The molecule has 1 aliphatic heterocycles. The number of carbonyl (C=O) groups is 3. The third-order valence-electron chi connectivity index (χ3n) is 3.07. The fraction of sp³-hybridized carbons (Fsp3) is 0.750. The normalized spacial score (nSPS) is 15.3. The lowest BCUT2D eigenvalue weighted by atomic mass is 10.2. The summed E-state index contributed by atoms with van der Waals surface area (Å²) in [6.07, 6.45) is 0.643. The van der Waals surface area contributed by atoms with Gasteiger partial charge in [0.25, 0.3) is 0 Å². The van der Waals surface area contributed by atoms with Gasteiger partial charge in [-0.15, -0.1) is 0 Å². The van der Waals surface area contributed by atoms with Crippen molar-refractivity contribution in [3.63, 3.8) is 0 Å². The lowest BCUT2D eigenvalue weighted by molar-refractivity contribution is -0.137. The third-order valence-corrected chi connectivity index (χ3v) is 3.07. The van der Waals surface area contributed by atoms with Crippen molar-refractivity contribution >= 4 is 17.9 Å². The quantitative estimate of drug-likeness (QED) is 0.784. The van der Waals surface area contributed by atoms with Crippen molar-refractivity contribution in [2.45, 2.75) is 19.3 Å². The van der Waals surface area contributed by atoms with Crippen molar-refractivity contribution in [3.05, 3.63) is 0 Å². The van der Waals surface area contributed by atoms with Gasteiger partial charge in [0.1, 0.15) is 0 Å². The van der Waals surface area contributed by atoms with E-state index in [0.29, 0.717) is 32.6 Å². The predicted molar refractivity (Wildman–Crippen MR) is 68.7 cm³/mol. The van der Waals surface area contributed by atoms with Crippen LogP contribution >= 0.6 is 0 Å². The van der Waals surface area contributed by atoms with Gasteiger partial charge in [-0.2, -0.15) is 0 Å². The molecule has 0 saturated carbocycles. The largest absolute Gasteiger partial charge is 0.481 e. The topological polar surface area (TPSA) is 81.2 Å². The van der Waals surface area contributed by atoms with E-state index in [9.17, 15) is 14.4 Å². The Bertz CT molecular complexity index is 349. The minimum Gasteiger partial charge on any atom is -0.481 e. The average molecular weight is 271 g/mol. The van der Waals surface area contributed by atoms with Crippen LogP contribution in [0.15, 0.2) is 0 Å². The van der Waals surface area contributed by atoms with E-state index in [-0.39, 0.29) is 24.8 Å². The first-order valence-corrected chi connectivity index (χ1v) is 6.37. The molecule has 1 heterocycles. The van der Waals surface area contributed by atoms with Crippen LogP contribution in [0.1, 0.15) is 19.3 Å². The number of amides is 3. The number of hydrogen-bond acceptors (Lipinski definition) is 3. The van der Waals surface area contributed by atoms with Crippen LogP contribution in [-0.2, 0) is 9.59 Å². The number of aliphatic carboxylic acids is 1. The number of carboxylic acids is 1. The van der Waals surface area contributed by atoms with E-state index in [1.54, 1.807) is 23.9 Å². The molecule has 19 heavy (non-hydrogen) atoms. The Morgan fingerprint density at radius 2 is 1.53 bits per heavy atom. The molecule has 1 N–H and O–H groups in total. The minimum atomic E-state index is -0.880. The van der Waals surface area contributed by atoms with Crippen molar-refractivity contribution in [2.75, 3.05) is 40.3 Å². The lowest BCUT2D eigenvalue weighted by Gasteiger charge is -2.36. The first-order valence-electron chi connectivity index (χ1n) is 6.37. The fourth-order valence-electron chi connectivity index (χ4n) is 1.98. The minimum absolute atomic E-state index is 0.0187. The Morgan fingerprint density at radius 3 is 2.00 bits per heavy atom. The Hall–Kier alpha value is -1.79. The Kier molecular flexibility index (Phi) is 5.59. The number of carboxylic acid groups (broad SMARTS) is 1. The molecule has 0 aromatic carbocycles. The standard InChI is InChI=1S/C12H21N3O4/c1-13(2)12(19)15-8-6-14(7-9-15)10(16)4-3-5-11(17)18/h3-9H2,1-2H3,(H,17,18). The van der Waals surface area contributed by atoms with Crippen molar-refractivity contribution < 1.29 is 19.5 Å². The SMILES string of the molecule is CN(C)C(=O)N1CCN(C(=O)CCCC(=O)O)CC1. The van der Waals surface area contributed by atoms with E-state index in [1.807, 2.05) is 0 Å². The predicted octanol–water partition coefficient (Wildman–Crippen LogP) is 0.0671. The van der Waals surface area contributed by atoms with Gasteiger partial charge in [0, 0.05) is 53.1 Å². The molecule has 7 heteroatoms. The molecule has 7 nitrogen and oxygen atoms in total. The maximum absolute atomic E-state index is 11.8. The molecule has 1 fully saturated rings. The summed E-state index contributed by atoms with van der Waals surface area (Å²) in [5.74, 6) is -0.910. The summed E-state index contributed by atoms with van der Waals surface area (Å²) in [6.45, 7) is 2.10. The van der Waals surface area contributed by atoms with Gasteiger partial charge in [-0.05, 0) is 6.42 Å². The van der Waals surface area contributed by atoms with E-state index < -0.39 is 5.97 Å². The van der Waals surface area contributed by atoms with Crippen molar-refractivity contribution in [3.8, 4) is 0 Å². The summed E-state index contributed by atoms with van der Waals surface area (Å²) < 4.78 is 0. The highest BCUT2D eigenvalue weighted by Crippen LogP contribution is 2.07. The number of rotatable bonds is 4. The molecule has 0 spiro atoms. The van der Waals surface area contributed by atoms with E-state index >= 15 is 0 Å². The molecule has 3 amide bonds. The van der Waals surface area contributed by atoms with Gasteiger partial charge in [0.2, 0.25) is 5.91 Å². The molecular weight excluding hydrogens is 250 g/mol. The maximum Gasteiger partial charge on any atom is 0.319 e. The van der Waals surface area contributed by atoms with Crippen LogP contribution in [0.4, 0.5) is 4.79 Å². The fourth-order valence-corrected chi connectivity index (χ4v) is 1.98. The van der Waals surface area contributed by atoms with E-state index in [0.717, 1.165) is 0 Å². The van der Waals surface area contributed by atoms with E-state index in [1.165, 1.54) is 4.90 Å². The summed E-state index contributed by atoms with van der Waals surface area (Å²) in [4.78, 5) is 38.8. The van der Waals surface area contributed by atoms with Crippen LogP contribution in [-0.4, -0.2) is 78.0 Å². The molecule has 0 atom stereocenters. The lowest BCUT2D eigenvalue weighted by Crippen LogP contribution is -2.52. The number of hydrogen-bond donors (Lipinski definition) is 1. The molecule has 1 saturated heterocycles. The van der Waals surface area contributed by atoms with Crippen LogP contribution in [0.5, 0.6) is 0 Å². The Labute approximate surface area is 112 Å². The van der Waals surface area contributed by atoms with Crippen LogP contribution < -0.4 is 0 Å². The van der Waals surface area contributed by atoms with E-state index in [2.05, 4.69) is 0 Å². The van der Waals surface area contributed by atoms with Gasteiger partial charge in [-0.1, -0.05) is 0 Å².